The molecule has 5 heterocycles. The van der Waals surface area contributed by atoms with Crippen LogP contribution in [-0.2, 0) is 13.6 Å². The monoisotopic (exact) mass is 443 g/mol. The van der Waals surface area contributed by atoms with E-state index in [1.54, 1.807) is 35.3 Å². The van der Waals surface area contributed by atoms with Gasteiger partial charge in [-0.25, -0.2) is 9.67 Å². The first-order valence-corrected chi connectivity index (χ1v) is 10.8. The molecule has 0 saturated carbocycles. The molecule has 0 amide bonds. The van der Waals surface area contributed by atoms with Crippen LogP contribution in [0.4, 0.5) is 0 Å². The molecule has 0 spiro atoms. The minimum atomic E-state index is -0.924. The summed E-state index contributed by atoms with van der Waals surface area (Å²) < 4.78 is 4.05. The summed E-state index contributed by atoms with van der Waals surface area (Å²) >= 11 is 1.35. The van der Waals surface area contributed by atoms with Crippen molar-refractivity contribution in [3.8, 4) is 0 Å². The first-order chi connectivity index (χ1) is 15.6. The van der Waals surface area contributed by atoms with Gasteiger partial charge in [0.05, 0.1) is 34.8 Å². The Morgan fingerprint density at radius 3 is 2.91 bits per heavy atom. The summed E-state index contributed by atoms with van der Waals surface area (Å²) in [5.74, 6) is 0. The van der Waals surface area contributed by atoms with Crippen LogP contribution in [0.15, 0.2) is 59.8 Å². The van der Waals surface area contributed by atoms with Crippen LogP contribution in [0.25, 0.3) is 32.2 Å². The maximum Gasteiger partial charge on any atom is 0.291 e. The lowest BCUT2D eigenvalue weighted by molar-refractivity contribution is 0.215. The summed E-state index contributed by atoms with van der Waals surface area (Å²) in [5, 5.41) is 24.4. The normalized spacial score (nSPS) is 12.8. The molecule has 5 aromatic heterocycles. The van der Waals surface area contributed by atoms with Crippen LogP contribution in [-0.4, -0.2) is 39.6 Å². The number of pyridine rings is 1. The van der Waals surface area contributed by atoms with Crippen molar-refractivity contribution in [1.29, 1.82) is 0 Å². The fourth-order valence-electron chi connectivity index (χ4n) is 4.03. The van der Waals surface area contributed by atoms with Crippen LogP contribution < -0.4 is 5.56 Å². The van der Waals surface area contributed by atoms with Crippen molar-refractivity contribution in [2.75, 3.05) is 0 Å². The van der Waals surface area contributed by atoms with E-state index in [4.69, 9.17) is 0 Å². The van der Waals surface area contributed by atoms with Gasteiger partial charge in [-0.15, -0.1) is 11.3 Å². The Kier molecular flexibility index (Phi) is 4.17. The zero-order chi connectivity index (χ0) is 21.8. The van der Waals surface area contributed by atoms with E-state index in [-0.39, 0.29) is 5.56 Å². The van der Waals surface area contributed by atoms with Gasteiger partial charge in [0, 0.05) is 24.0 Å². The Labute approximate surface area is 184 Å². The lowest BCUT2D eigenvalue weighted by Crippen LogP contribution is -2.24. The summed E-state index contributed by atoms with van der Waals surface area (Å²) in [6.07, 6.45) is 4.17. The van der Waals surface area contributed by atoms with Gasteiger partial charge in [-0.1, -0.05) is 18.2 Å². The van der Waals surface area contributed by atoms with Gasteiger partial charge in [-0.05, 0) is 23.8 Å². The molecule has 0 saturated heterocycles. The third-order valence-electron chi connectivity index (χ3n) is 5.64. The largest absolute Gasteiger partial charge is 0.380 e. The van der Waals surface area contributed by atoms with Crippen LogP contribution in [0.5, 0.6) is 0 Å². The number of H-pyrrole nitrogens is 1. The molecular formula is C22H17N7O2S. The third-order valence-corrected chi connectivity index (χ3v) is 6.77. The summed E-state index contributed by atoms with van der Waals surface area (Å²) in [7, 11) is 1.81. The molecule has 158 valence electrons. The number of aliphatic hydroxyl groups excluding tert-OH is 1. The van der Waals surface area contributed by atoms with Gasteiger partial charge in [0.25, 0.3) is 5.56 Å². The Bertz CT molecular complexity index is 1660. The number of aliphatic hydroxyl groups is 1. The fraction of sp³-hybridized carbons (Fsp3) is 0.136. The van der Waals surface area contributed by atoms with Gasteiger partial charge in [-0.3, -0.25) is 14.9 Å². The summed E-state index contributed by atoms with van der Waals surface area (Å²) in [6, 6.07) is 11.2. The van der Waals surface area contributed by atoms with Crippen LogP contribution in [0.3, 0.4) is 0 Å². The molecule has 9 nitrogen and oxygen atoms in total. The van der Waals surface area contributed by atoms with Crippen molar-refractivity contribution in [1.82, 2.24) is 34.5 Å². The van der Waals surface area contributed by atoms with Gasteiger partial charge in [0.2, 0.25) is 0 Å². The van der Waals surface area contributed by atoms with E-state index in [9.17, 15) is 9.90 Å². The second kappa shape index (κ2) is 7.08. The quantitative estimate of drug-likeness (QED) is 0.433. The number of hydrogen-bond acceptors (Lipinski definition) is 7. The average Bonchev–Trinajstić information content (AvgIpc) is 3.53. The maximum atomic E-state index is 13.3. The molecule has 1 aromatic carbocycles. The highest BCUT2D eigenvalue weighted by atomic mass is 32.1. The summed E-state index contributed by atoms with van der Waals surface area (Å²) in [5.41, 5.74) is 3.39. The fourth-order valence-corrected chi connectivity index (χ4v) is 5.13. The maximum absolute atomic E-state index is 13.3. The standard InChI is InChI=1S/C22H17N7O2S/c1-28-17-14(19-20(28)26-21(32-19)18(30)16-6-2-3-8-23-16)10-25-29(22(17)31)11-12-5-4-7-15-13(12)9-24-27-15/h2-10,18,30H,11H2,1H3,(H,24,27). The molecular weight excluding hydrogens is 426 g/mol. The number of aryl methyl sites for hydroxylation is 1. The lowest BCUT2D eigenvalue weighted by Gasteiger charge is -2.07. The molecule has 0 aliphatic carbocycles. The van der Waals surface area contributed by atoms with Crippen molar-refractivity contribution in [2.45, 2.75) is 12.6 Å². The molecule has 2 N–H and O–H groups in total. The highest BCUT2D eigenvalue weighted by Gasteiger charge is 2.22. The molecule has 10 heteroatoms. The molecule has 0 aliphatic rings. The number of hydrogen-bond donors (Lipinski definition) is 2. The van der Waals surface area contributed by atoms with Crippen LogP contribution in [0.2, 0.25) is 0 Å². The lowest BCUT2D eigenvalue weighted by atomic mass is 10.1. The van der Waals surface area contributed by atoms with E-state index in [2.05, 4.69) is 25.3 Å². The van der Waals surface area contributed by atoms with Crippen molar-refractivity contribution < 1.29 is 5.11 Å². The number of nitrogens with zero attached hydrogens (tertiary/aromatic N) is 6. The zero-order valence-corrected chi connectivity index (χ0v) is 17.7. The number of fused-ring (bicyclic) bond motifs is 4. The Morgan fingerprint density at radius 2 is 2.06 bits per heavy atom. The van der Waals surface area contributed by atoms with Crippen molar-refractivity contribution in [3.05, 3.63) is 81.6 Å². The van der Waals surface area contributed by atoms with Crippen molar-refractivity contribution in [3.63, 3.8) is 0 Å². The highest BCUT2D eigenvalue weighted by Crippen LogP contribution is 2.34. The number of rotatable bonds is 4. The topological polar surface area (TPSA) is 115 Å². The van der Waals surface area contributed by atoms with Crippen LogP contribution in [0, 0.1) is 0 Å². The van der Waals surface area contributed by atoms with E-state index >= 15 is 0 Å². The Balaban J connectivity index is 1.45. The van der Waals surface area contributed by atoms with E-state index in [0.29, 0.717) is 28.4 Å². The third kappa shape index (κ3) is 2.77. The zero-order valence-electron chi connectivity index (χ0n) is 16.9. The van der Waals surface area contributed by atoms with Crippen LogP contribution in [0.1, 0.15) is 22.4 Å². The second-order valence-corrected chi connectivity index (χ2v) is 8.57. The SMILES string of the molecule is Cn1c2nc(C(O)c3ccccn3)sc2c2cnn(Cc3cccc4[nH]ncc34)c(=O)c21. The Hall–Kier alpha value is -3.89. The highest BCUT2D eigenvalue weighted by molar-refractivity contribution is 7.19. The first-order valence-electron chi connectivity index (χ1n) is 9.96. The smallest absolute Gasteiger partial charge is 0.291 e. The molecule has 6 aromatic rings. The minimum absolute atomic E-state index is 0.192. The Morgan fingerprint density at radius 1 is 1.16 bits per heavy atom. The molecule has 32 heavy (non-hydrogen) atoms. The van der Waals surface area contributed by atoms with E-state index in [1.807, 2.05) is 31.3 Å². The van der Waals surface area contributed by atoms with Gasteiger partial charge in [0.1, 0.15) is 16.6 Å². The van der Waals surface area contributed by atoms with Crippen molar-refractivity contribution in [2.24, 2.45) is 7.05 Å². The van der Waals surface area contributed by atoms with Gasteiger partial charge in [-0.2, -0.15) is 10.2 Å². The molecule has 0 radical (unpaired) electrons. The predicted molar refractivity (Wildman–Crippen MR) is 122 cm³/mol. The van der Waals surface area contributed by atoms with Crippen LogP contribution >= 0.6 is 11.3 Å². The number of aromatic nitrogens is 7. The molecule has 0 aliphatic heterocycles. The van der Waals surface area contributed by atoms with Gasteiger partial charge >= 0.3 is 0 Å². The number of thiazole rings is 1. The van der Waals surface area contributed by atoms with Gasteiger partial charge < -0.3 is 9.67 Å². The van der Waals surface area contributed by atoms with E-state index < -0.39 is 6.10 Å². The molecule has 6 rings (SSSR count). The summed E-state index contributed by atoms with van der Waals surface area (Å²) in [4.78, 5) is 22.1. The van der Waals surface area contributed by atoms with E-state index in [0.717, 1.165) is 26.6 Å². The number of benzene rings is 1. The first kappa shape index (κ1) is 18.8. The van der Waals surface area contributed by atoms with Crippen molar-refractivity contribution >= 4 is 43.5 Å². The summed E-state index contributed by atoms with van der Waals surface area (Å²) in [6.45, 7) is 0.335. The number of aromatic amines is 1. The molecule has 1 atom stereocenters. The second-order valence-electron chi connectivity index (χ2n) is 7.54. The van der Waals surface area contributed by atoms with E-state index in [1.165, 1.54) is 16.0 Å². The molecule has 1 unspecified atom stereocenters. The average molecular weight is 443 g/mol. The molecule has 0 fully saturated rings. The van der Waals surface area contributed by atoms with Gasteiger partial charge in [0.15, 0.2) is 5.65 Å². The molecule has 0 bridgehead atoms. The minimum Gasteiger partial charge on any atom is -0.380 e. The predicted octanol–water partition coefficient (Wildman–Crippen LogP) is 2.75. The number of nitrogens with one attached hydrogen (secondary N) is 1.